The van der Waals surface area contributed by atoms with E-state index >= 15 is 0 Å². The molecule has 2 aromatic rings. The number of carbonyl (C=O) groups excluding carboxylic acids is 1. The van der Waals surface area contributed by atoms with Crippen LogP contribution in [-0.2, 0) is 17.7 Å². The van der Waals surface area contributed by atoms with Gasteiger partial charge in [-0.15, -0.1) is 0 Å². The summed E-state index contributed by atoms with van der Waals surface area (Å²) in [4.78, 5) is 18.7. The first-order valence-corrected chi connectivity index (χ1v) is 13.5. The Bertz CT molecular complexity index is 1350. The minimum absolute atomic E-state index is 0.0903. The third-order valence-electron chi connectivity index (χ3n) is 6.99. The van der Waals surface area contributed by atoms with Crippen LogP contribution in [0.4, 0.5) is 15.0 Å². The Kier molecular flexibility index (Phi) is 8.63. The maximum atomic E-state index is 14.7. The van der Waals surface area contributed by atoms with Crippen molar-refractivity contribution in [2.45, 2.75) is 77.0 Å². The lowest BCUT2D eigenvalue weighted by molar-refractivity contribution is -0.0171. The number of aliphatic hydroxyl groups is 2. The molecule has 1 amide bonds. The number of rotatable bonds is 6. The van der Waals surface area contributed by atoms with Crippen molar-refractivity contribution < 1.29 is 28.9 Å². The van der Waals surface area contributed by atoms with Crippen LogP contribution in [0.15, 0.2) is 42.1 Å². The summed E-state index contributed by atoms with van der Waals surface area (Å²) in [7, 11) is 0. The number of aliphatic imine (C=N–C) groups is 1. The molecular weight excluding hydrogens is 539 g/mol. The molecule has 9 nitrogen and oxygen atoms in total. The van der Waals surface area contributed by atoms with Crippen LogP contribution in [0.2, 0.25) is 5.02 Å². The largest absolute Gasteiger partial charge is 0.487 e. The number of hydrogen-bond donors (Lipinski definition) is 3. The highest BCUT2D eigenvalue weighted by Gasteiger charge is 2.45. The minimum Gasteiger partial charge on any atom is -0.487 e. The predicted molar refractivity (Wildman–Crippen MR) is 152 cm³/mol. The van der Waals surface area contributed by atoms with Gasteiger partial charge >= 0.3 is 6.09 Å². The second kappa shape index (κ2) is 11.6. The molecule has 216 valence electrons. The fourth-order valence-electron chi connectivity index (χ4n) is 5.19. The summed E-state index contributed by atoms with van der Waals surface area (Å²) in [5.74, 6) is 0.364. The molecule has 1 fully saturated rings. The first kappa shape index (κ1) is 29.6. The fraction of sp³-hybridized carbons (Fsp3) is 0.448. The molecule has 2 heterocycles. The molecular formula is C29H36ClFN4O5. The van der Waals surface area contributed by atoms with Crippen molar-refractivity contribution >= 4 is 35.4 Å². The molecule has 4 atom stereocenters. The maximum Gasteiger partial charge on any atom is 0.410 e. The number of carbonyl (C=O) groups is 1. The molecule has 0 unspecified atom stereocenters. The van der Waals surface area contributed by atoms with Crippen LogP contribution in [0.1, 0.15) is 56.8 Å². The SMILES string of the molecule is C=C/C=C(\N)c1c(Cl)cn([C@@H]2C[C@H](Oc3ccc(F)c4c3CN(C(=O)OC(C)(C)C)CC4)[C@@H](O)[C@H]2O)c1/N=C\C. The summed E-state index contributed by atoms with van der Waals surface area (Å²) >= 11 is 6.52. The van der Waals surface area contributed by atoms with E-state index in [4.69, 9.17) is 26.8 Å². The van der Waals surface area contributed by atoms with Crippen LogP contribution >= 0.6 is 11.6 Å². The minimum atomic E-state index is -1.26. The van der Waals surface area contributed by atoms with Gasteiger partial charge in [-0.05, 0) is 57.9 Å². The summed E-state index contributed by atoms with van der Waals surface area (Å²) in [6.07, 6.45) is 3.01. The number of aliphatic hydroxyl groups excluding tert-OH is 2. The van der Waals surface area contributed by atoms with Gasteiger partial charge in [-0.2, -0.15) is 0 Å². The smallest absolute Gasteiger partial charge is 0.410 e. The summed E-state index contributed by atoms with van der Waals surface area (Å²) in [5.41, 5.74) is 7.32. The lowest BCUT2D eigenvalue weighted by Gasteiger charge is -2.32. The second-order valence-corrected chi connectivity index (χ2v) is 11.3. The van der Waals surface area contributed by atoms with Crippen LogP contribution in [0, 0.1) is 5.82 Å². The van der Waals surface area contributed by atoms with Gasteiger partial charge in [0, 0.05) is 36.6 Å². The molecule has 4 rings (SSSR count). The molecule has 0 bridgehead atoms. The summed E-state index contributed by atoms with van der Waals surface area (Å²) < 4.78 is 28.1. The number of allylic oxidation sites excluding steroid dienone is 2. The Morgan fingerprint density at radius 3 is 2.65 bits per heavy atom. The number of nitrogens with two attached hydrogens (primary N) is 1. The summed E-state index contributed by atoms with van der Waals surface area (Å²) in [6.45, 7) is 11.1. The van der Waals surface area contributed by atoms with E-state index in [9.17, 15) is 19.4 Å². The van der Waals surface area contributed by atoms with Crippen molar-refractivity contribution in [2.24, 2.45) is 10.7 Å². The van der Waals surface area contributed by atoms with Crippen molar-refractivity contribution in [1.82, 2.24) is 9.47 Å². The molecule has 0 spiro atoms. The molecule has 1 saturated carbocycles. The summed E-state index contributed by atoms with van der Waals surface area (Å²) in [6, 6.07) is 2.15. The number of nitrogens with zero attached hydrogens (tertiary/aromatic N) is 3. The highest BCUT2D eigenvalue weighted by molar-refractivity contribution is 6.33. The Labute approximate surface area is 238 Å². The van der Waals surface area contributed by atoms with E-state index in [1.807, 2.05) is 0 Å². The van der Waals surface area contributed by atoms with Crippen molar-refractivity contribution in [1.29, 1.82) is 0 Å². The topological polar surface area (TPSA) is 123 Å². The fourth-order valence-corrected chi connectivity index (χ4v) is 5.49. The first-order valence-electron chi connectivity index (χ1n) is 13.1. The predicted octanol–water partition coefficient (Wildman–Crippen LogP) is 4.90. The number of benzene rings is 1. The normalized spacial score (nSPS) is 23.4. The van der Waals surface area contributed by atoms with Crippen LogP contribution in [0.25, 0.3) is 5.70 Å². The second-order valence-electron chi connectivity index (χ2n) is 10.9. The highest BCUT2D eigenvalue weighted by atomic mass is 35.5. The van der Waals surface area contributed by atoms with Gasteiger partial charge in [0.25, 0.3) is 0 Å². The lowest BCUT2D eigenvalue weighted by atomic mass is 9.98. The number of fused-ring (bicyclic) bond motifs is 1. The molecule has 0 radical (unpaired) electrons. The van der Waals surface area contributed by atoms with Crippen LogP contribution in [-0.4, -0.2) is 62.4 Å². The van der Waals surface area contributed by atoms with Crippen LogP contribution in [0.3, 0.4) is 0 Å². The lowest BCUT2D eigenvalue weighted by Crippen LogP contribution is -2.40. The van der Waals surface area contributed by atoms with Crippen LogP contribution in [0.5, 0.6) is 5.75 Å². The number of amides is 1. The van der Waals surface area contributed by atoms with Gasteiger partial charge in [-0.1, -0.05) is 24.3 Å². The van der Waals surface area contributed by atoms with Gasteiger partial charge in [-0.3, -0.25) is 0 Å². The van der Waals surface area contributed by atoms with Gasteiger partial charge in [-0.25, -0.2) is 14.2 Å². The third kappa shape index (κ3) is 5.89. The third-order valence-corrected chi connectivity index (χ3v) is 7.28. The van der Waals surface area contributed by atoms with E-state index < -0.39 is 41.9 Å². The van der Waals surface area contributed by atoms with Crippen molar-refractivity contribution in [3.05, 3.63) is 64.6 Å². The standard InChI is InChI=1S/C29H36ClFN4O5/c1-6-8-20(32)24-18(30)15-35(27(24)33-7-2)21-13-23(26(37)25(21)36)39-22-10-9-19(31)16-11-12-34(14-17(16)22)28(38)40-29(3,4)5/h6-10,15,21,23,25-26,36-37H,1,11-14,32H2,2-5H3/b20-8-,33-7-/t21-,23+,25+,26-/m1/s1. The van der Waals surface area contributed by atoms with Gasteiger partial charge in [0.05, 0.1) is 23.2 Å². The molecule has 40 heavy (non-hydrogen) atoms. The Morgan fingerprint density at radius 2 is 2.00 bits per heavy atom. The quantitative estimate of drug-likeness (QED) is 0.333. The maximum absolute atomic E-state index is 14.7. The average Bonchev–Trinajstić information content (AvgIpc) is 3.35. The van der Waals surface area contributed by atoms with E-state index in [0.717, 1.165) is 0 Å². The van der Waals surface area contributed by atoms with Gasteiger partial charge in [0.1, 0.15) is 41.3 Å². The molecule has 2 aliphatic rings. The number of ether oxygens (including phenoxy) is 2. The molecule has 1 aliphatic heterocycles. The van der Waals surface area contributed by atoms with Crippen LogP contribution < -0.4 is 10.5 Å². The zero-order chi connectivity index (χ0) is 29.4. The van der Waals surface area contributed by atoms with Crippen molar-refractivity contribution in [3.63, 3.8) is 0 Å². The Balaban J connectivity index is 1.62. The molecule has 1 aromatic carbocycles. The Morgan fingerprint density at radius 1 is 1.27 bits per heavy atom. The zero-order valence-corrected chi connectivity index (χ0v) is 23.9. The highest BCUT2D eigenvalue weighted by Crippen LogP contribution is 2.42. The number of aromatic nitrogens is 1. The van der Waals surface area contributed by atoms with E-state index in [2.05, 4.69) is 11.6 Å². The number of halogens is 2. The average molecular weight is 575 g/mol. The zero-order valence-electron chi connectivity index (χ0n) is 23.1. The van der Waals surface area contributed by atoms with Crippen molar-refractivity contribution in [2.75, 3.05) is 6.54 Å². The molecule has 1 aliphatic carbocycles. The monoisotopic (exact) mass is 574 g/mol. The van der Waals surface area contributed by atoms with Gasteiger partial charge in [0.2, 0.25) is 0 Å². The van der Waals surface area contributed by atoms with E-state index in [1.54, 1.807) is 50.7 Å². The van der Waals surface area contributed by atoms with E-state index in [0.29, 0.717) is 51.9 Å². The van der Waals surface area contributed by atoms with Crippen molar-refractivity contribution in [3.8, 4) is 5.75 Å². The molecule has 4 N–H and O–H groups in total. The molecule has 0 saturated heterocycles. The van der Waals surface area contributed by atoms with E-state index in [-0.39, 0.29) is 13.0 Å². The summed E-state index contributed by atoms with van der Waals surface area (Å²) in [5, 5.41) is 22.4. The first-order chi connectivity index (χ1) is 18.9. The van der Waals surface area contributed by atoms with Gasteiger partial charge in [0.15, 0.2) is 0 Å². The Hall–Kier alpha value is -3.34. The van der Waals surface area contributed by atoms with Gasteiger partial charge < -0.3 is 34.9 Å². The van der Waals surface area contributed by atoms with E-state index in [1.165, 1.54) is 23.1 Å². The molecule has 11 heteroatoms. The molecule has 1 aromatic heterocycles. The number of hydrogen-bond acceptors (Lipinski definition) is 7.